The van der Waals surface area contributed by atoms with E-state index in [9.17, 15) is 0 Å². The van der Waals surface area contributed by atoms with Crippen molar-refractivity contribution in [2.45, 2.75) is 93.2 Å². The summed E-state index contributed by atoms with van der Waals surface area (Å²) in [7, 11) is 0. The number of anilines is 2. The lowest BCUT2D eigenvalue weighted by atomic mass is 9.91. The number of rotatable bonds is 16. The van der Waals surface area contributed by atoms with Crippen LogP contribution >= 0.6 is 0 Å². The lowest BCUT2D eigenvalue weighted by molar-refractivity contribution is 0.295. The third-order valence-electron chi connectivity index (χ3n) is 9.00. The fraction of sp³-hybridized carbons (Fsp3) is 0.556. The number of fused-ring (bicyclic) bond motifs is 2. The standard InChI is InChI=1S/C36H54F2N4/c1-11-41(12-2)21-15-17-25(7)39-35-31-27(9)29-23(5)19-20-24(6)30(29)28(10)32(31)36(34(38)33(35)37)40-26(8)18-16-22-42(13-3)14-4/h19-20,25-26,39-40H,9-18,21-22H2,1-8H3. The van der Waals surface area contributed by atoms with Gasteiger partial charge in [-0.1, -0.05) is 53.0 Å². The van der Waals surface area contributed by atoms with Crippen LogP contribution in [0.25, 0.3) is 34.7 Å². The van der Waals surface area contributed by atoms with Gasteiger partial charge in [-0.25, -0.2) is 8.78 Å². The van der Waals surface area contributed by atoms with Crippen molar-refractivity contribution in [3.63, 3.8) is 0 Å². The van der Waals surface area contributed by atoms with Crippen LogP contribution in [-0.2, 0) is 0 Å². The van der Waals surface area contributed by atoms with Crippen LogP contribution in [0.4, 0.5) is 20.2 Å². The van der Waals surface area contributed by atoms with Crippen molar-refractivity contribution in [3.05, 3.63) is 45.3 Å². The Morgan fingerprint density at radius 3 is 1.29 bits per heavy atom. The molecule has 2 N–H and O–H groups in total. The number of nitrogens with one attached hydrogen (secondary N) is 2. The molecular weight excluding hydrogens is 526 g/mol. The second kappa shape index (κ2) is 15.2. The molecule has 3 aromatic carbocycles. The fourth-order valence-electron chi connectivity index (χ4n) is 6.36. The third-order valence-corrected chi connectivity index (χ3v) is 9.00. The molecule has 0 aromatic heterocycles. The minimum Gasteiger partial charge on any atom is -0.380 e. The zero-order chi connectivity index (χ0) is 31.1. The quantitative estimate of drug-likeness (QED) is 0.171. The van der Waals surface area contributed by atoms with Gasteiger partial charge in [0, 0.05) is 22.9 Å². The predicted molar refractivity (Wildman–Crippen MR) is 181 cm³/mol. The Morgan fingerprint density at radius 1 is 0.643 bits per heavy atom. The Morgan fingerprint density at radius 2 is 0.976 bits per heavy atom. The maximum Gasteiger partial charge on any atom is 0.184 e. The molecule has 0 aliphatic heterocycles. The van der Waals surface area contributed by atoms with Crippen molar-refractivity contribution in [2.24, 2.45) is 0 Å². The zero-order valence-electron chi connectivity index (χ0n) is 27.4. The fourth-order valence-corrected chi connectivity index (χ4v) is 6.36. The Hall–Kier alpha value is -2.70. The molecule has 232 valence electrons. The second-order valence-electron chi connectivity index (χ2n) is 12.0. The summed E-state index contributed by atoms with van der Waals surface area (Å²) in [6.45, 7) is 31.8. The number of hydrogen-bond acceptors (Lipinski definition) is 4. The first kappa shape index (κ1) is 33.8. The lowest BCUT2D eigenvalue weighted by Gasteiger charge is -2.25. The molecule has 0 saturated heterocycles. The number of halogens is 2. The van der Waals surface area contributed by atoms with E-state index in [4.69, 9.17) is 0 Å². The Kier molecular flexibility index (Phi) is 12.2. The molecule has 0 radical (unpaired) electrons. The molecular formula is C36H54F2N4. The molecule has 6 heteroatoms. The highest BCUT2D eigenvalue weighted by atomic mass is 19.2. The zero-order valence-corrected chi connectivity index (χ0v) is 27.4. The summed E-state index contributed by atoms with van der Waals surface area (Å²) in [5.74, 6) is -1.71. The highest BCUT2D eigenvalue weighted by molar-refractivity contribution is 6.11. The van der Waals surface area contributed by atoms with Crippen LogP contribution in [0, 0.1) is 25.5 Å². The van der Waals surface area contributed by atoms with Crippen LogP contribution < -0.4 is 21.1 Å². The van der Waals surface area contributed by atoms with Crippen molar-refractivity contribution < 1.29 is 8.78 Å². The van der Waals surface area contributed by atoms with Gasteiger partial charge in [0.05, 0.1) is 11.4 Å². The summed E-state index contributed by atoms with van der Waals surface area (Å²) >= 11 is 0. The minimum absolute atomic E-state index is 0.0440. The van der Waals surface area contributed by atoms with Crippen LogP contribution in [0.1, 0.15) is 78.4 Å². The van der Waals surface area contributed by atoms with E-state index in [1.165, 1.54) is 0 Å². The summed E-state index contributed by atoms with van der Waals surface area (Å²) in [6, 6.07) is 4.05. The average molecular weight is 581 g/mol. The molecule has 0 aliphatic carbocycles. The molecule has 2 atom stereocenters. The molecule has 0 bridgehead atoms. The molecule has 4 nitrogen and oxygen atoms in total. The summed E-state index contributed by atoms with van der Waals surface area (Å²) < 4.78 is 32.3. The number of aryl methyl sites for hydroxylation is 2. The largest absolute Gasteiger partial charge is 0.380 e. The van der Waals surface area contributed by atoms with Crippen molar-refractivity contribution in [2.75, 3.05) is 49.9 Å². The lowest BCUT2D eigenvalue weighted by Crippen LogP contribution is -2.27. The Labute approximate surface area is 252 Å². The van der Waals surface area contributed by atoms with Crippen LogP contribution in [0.5, 0.6) is 0 Å². The molecule has 0 amide bonds. The van der Waals surface area contributed by atoms with Gasteiger partial charge in [0.2, 0.25) is 0 Å². The maximum absolute atomic E-state index is 16.2. The van der Waals surface area contributed by atoms with E-state index in [1.807, 2.05) is 27.7 Å². The first-order valence-electron chi connectivity index (χ1n) is 16.0. The number of nitrogens with zero attached hydrogens (tertiary/aromatic N) is 2. The topological polar surface area (TPSA) is 30.5 Å². The van der Waals surface area contributed by atoms with Gasteiger partial charge >= 0.3 is 0 Å². The van der Waals surface area contributed by atoms with Crippen LogP contribution in [0.3, 0.4) is 0 Å². The van der Waals surface area contributed by atoms with E-state index < -0.39 is 11.6 Å². The molecule has 3 rings (SSSR count). The van der Waals surface area contributed by atoms with E-state index in [0.717, 1.165) is 86.9 Å². The molecule has 42 heavy (non-hydrogen) atoms. The van der Waals surface area contributed by atoms with Crippen molar-refractivity contribution >= 4 is 46.1 Å². The molecule has 3 aromatic rings. The van der Waals surface area contributed by atoms with Crippen LogP contribution in [0.15, 0.2) is 12.1 Å². The van der Waals surface area contributed by atoms with E-state index >= 15 is 8.78 Å². The van der Waals surface area contributed by atoms with Crippen LogP contribution in [0.2, 0.25) is 0 Å². The first-order valence-corrected chi connectivity index (χ1v) is 16.0. The van der Waals surface area contributed by atoms with E-state index in [-0.39, 0.29) is 23.5 Å². The molecule has 0 saturated carbocycles. The Bertz CT molecular complexity index is 1350. The van der Waals surface area contributed by atoms with E-state index in [0.29, 0.717) is 21.2 Å². The van der Waals surface area contributed by atoms with Crippen molar-refractivity contribution in [3.8, 4) is 0 Å². The summed E-state index contributed by atoms with van der Waals surface area (Å²) in [5, 5.41) is 11.3. The van der Waals surface area contributed by atoms with Gasteiger partial charge in [-0.3, -0.25) is 0 Å². The van der Waals surface area contributed by atoms with Crippen molar-refractivity contribution in [1.82, 2.24) is 9.80 Å². The molecule has 0 spiro atoms. The summed E-state index contributed by atoms with van der Waals surface area (Å²) in [4.78, 5) is 4.76. The second-order valence-corrected chi connectivity index (χ2v) is 12.0. The molecule has 2 unspecified atom stereocenters. The summed E-state index contributed by atoms with van der Waals surface area (Å²) in [6.07, 6.45) is 3.64. The highest BCUT2D eigenvalue weighted by Crippen LogP contribution is 2.36. The molecule has 0 fully saturated rings. The van der Waals surface area contributed by atoms with Gasteiger partial charge in [0.1, 0.15) is 0 Å². The maximum atomic E-state index is 16.2. The van der Waals surface area contributed by atoms with E-state index in [2.05, 4.69) is 73.4 Å². The summed E-state index contributed by atoms with van der Waals surface area (Å²) in [5.41, 5.74) is 2.48. The SMILES string of the molecule is C=c1c2c(C)ccc(C)c2c(=C)c2c(NC(C)CCCN(CC)CC)c(F)c(F)c(NC(C)CCCN(CC)CC)c12. The van der Waals surface area contributed by atoms with Gasteiger partial charge < -0.3 is 20.4 Å². The van der Waals surface area contributed by atoms with Crippen molar-refractivity contribution in [1.29, 1.82) is 0 Å². The smallest absolute Gasteiger partial charge is 0.184 e. The van der Waals surface area contributed by atoms with Gasteiger partial charge in [-0.2, -0.15) is 0 Å². The normalized spacial score (nSPS) is 13.4. The first-order chi connectivity index (χ1) is 20.0. The molecule has 0 aliphatic rings. The van der Waals surface area contributed by atoms with Crippen LogP contribution in [-0.4, -0.2) is 61.2 Å². The average Bonchev–Trinajstić information content (AvgIpc) is 2.97. The third kappa shape index (κ3) is 7.26. The van der Waals surface area contributed by atoms with Gasteiger partial charge in [-0.05, 0) is 125 Å². The number of benzene rings is 3. The Balaban J connectivity index is 2.13. The van der Waals surface area contributed by atoms with Gasteiger partial charge in [0.15, 0.2) is 11.6 Å². The minimum atomic E-state index is -0.857. The predicted octanol–water partition coefficient (Wildman–Crippen LogP) is 7.55. The highest BCUT2D eigenvalue weighted by Gasteiger charge is 2.25. The van der Waals surface area contributed by atoms with E-state index in [1.54, 1.807) is 0 Å². The monoisotopic (exact) mass is 580 g/mol. The van der Waals surface area contributed by atoms with Gasteiger partial charge in [-0.15, -0.1) is 0 Å². The molecule has 0 heterocycles. The number of hydrogen-bond donors (Lipinski definition) is 2. The van der Waals surface area contributed by atoms with Gasteiger partial charge in [0.25, 0.3) is 0 Å².